The van der Waals surface area contributed by atoms with Crippen molar-refractivity contribution in [2.45, 2.75) is 19.5 Å². The number of hydrazine groups is 1. The molecule has 0 aliphatic rings. The second kappa shape index (κ2) is 5.96. The molecule has 5 nitrogen and oxygen atoms in total. The molecule has 0 aliphatic heterocycles. The highest BCUT2D eigenvalue weighted by molar-refractivity contribution is 5.39. The van der Waals surface area contributed by atoms with E-state index in [0.717, 1.165) is 12.0 Å². The lowest BCUT2D eigenvalue weighted by Crippen LogP contribution is -2.16. The maximum Gasteiger partial charge on any atom is 0.451 e. The van der Waals surface area contributed by atoms with E-state index in [0.29, 0.717) is 5.75 Å². The fraction of sp³-hybridized carbons (Fsp3) is 0.231. The normalized spacial score (nSPS) is 11.3. The Balaban J connectivity index is 2.29. The highest BCUT2D eigenvalue weighted by Crippen LogP contribution is 2.30. The molecular weight excluding hydrogens is 285 g/mol. The molecule has 0 saturated carbocycles. The van der Waals surface area contributed by atoms with E-state index in [1.165, 1.54) is 6.07 Å². The minimum atomic E-state index is -4.68. The Hall–Kier alpha value is -2.35. The van der Waals surface area contributed by atoms with Crippen LogP contribution in [-0.4, -0.2) is 9.97 Å². The number of nitrogens with two attached hydrogens (primary N) is 1. The molecule has 0 spiro atoms. The maximum absolute atomic E-state index is 12.7. The van der Waals surface area contributed by atoms with Gasteiger partial charge in [-0.3, -0.25) is 0 Å². The van der Waals surface area contributed by atoms with E-state index >= 15 is 0 Å². The number of nitrogens with one attached hydrogen (secondary N) is 1. The molecule has 0 bridgehead atoms. The van der Waals surface area contributed by atoms with Crippen molar-refractivity contribution in [1.82, 2.24) is 9.97 Å². The molecular formula is C13H13F3N4O. The van der Waals surface area contributed by atoms with E-state index in [9.17, 15) is 13.2 Å². The summed E-state index contributed by atoms with van der Waals surface area (Å²) in [4.78, 5) is 6.58. The highest BCUT2D eigenvalue weighted by Gasteiger charge is 2.35. The second-order valence-electron chi connectivity index (χ2n) is 4.16. The van der Waals surface area contributed by atoms with E-state index < -0.39 is 12.0 Å². The Morgan fingerprint density at radius 3 is 2.38 bits per heavy atom. The number of benzene rings is 1. The van der Waals surface area contributed by atoms with Crippen LogP contribution < -0.4 is 16.0 Å². The number of nitrogens with zero attached hydrogens (tertiary/aromatic N) is 2. The number of nitrogen functional groups attached to an aromatic ring is 1. The molecule has 0 unspecified atom stereocenters. The third-order valence-electron chi connectivity index (χ3n) is 2.66. The number of hydrogen-bond acceptors (Lipinski definition) is 5. The molecule has 0 radical (unpaired) electrons. The van der Waals surface area contributed by atoms with E-state index in [4.69, 9.17) is 10.6 Å². The topological polar surface area (TPSA) is 73.1 Å². The van der Waals surface area contributed by atoms with Gasteiger partial charge in [-0.05, 0) is 24.1 Å². The third kappa shape index (κ3) is 3.82. The van der Waals surface area contributed by atoms with Crippen LogP contribution in [0.4, 0.5) is 19.0 Å². The highest BCUT2D eigenvalue weighted by atomic mass is 19.4. The summed E-state index contributed by atoms with van der Waals surface area (Å²) >= 11 is 0. The van der Waals surface area contributed by atoms with Gasteiger partial charge in [0.25, 0.3) is 0 Å². The molecule has 8 heteroatoms. The average molecular weight is 298 g/mol. The molecule has 0 atom stereocenters. The van der Waals surface area contributed by atoms with Gasteiger partial charge >= 0.3 is 6.18 Å². The number of rotatable bonds is 4. The number of aryl methyl sites for hydroxylation is 1. The zero-order valence-electron chi connectivity index (χ0n) is 11.1. The van der Waals surface area contributed by atoms with Crippen LogP contribution in [0.1, 0.15) is 18.3 Å². The molecule has 112 valence electrons. The Morgan fingerprint density at radius 1 is 1.19 bits per heavy atom. The molecule has 2 rings (SSSR count). The number of hydrogen-bond donors (Lipinski definition) is 2. The lowest BCUT2D eigenvalue weighted by atomic mass is 10.2. The SMILES string of the molecule is CCc1ccc(Oc2cc(NN)nc(C(F)(F)F)n2)cc1. The van der Waals surface area contributed by atoms with Crippen molar-refractivity contribution in [3.05, 3.63) is 41.7 Å². The van der Waals surface area contributed by atoms with E-state index in [-0.39, 0.29) is 11.7 Å². The van der Waals surface area contributed by atoms with Crippen LogP contribution in [0.5, 0.6) is 11.6 Å². The molecule has 1 heterocycles. The second-order valence-corrected chi connectivity index (χ2v) is 4.16. The van der Waals surface area contributed by atoms with Crippen molar-refractivity contribution in [3.8, 4) is 11.6 Å². The van der Waals surface area contributed by atoms with Crippen LogP contribution >= 0.6 is 0 Å². The molecule has 1 aromatic carbocycles. The molecule has 3 N–H and O–H groups in total. The monoisotopic (exact) mass is 298 g/mol. The van der Waals surface area contributed by atoms with Crippen molar-refractivity contribution >= 4 is 5.82 Å². The van der Waals surface area contributed by atoms with Gasteiger partial charge in [0.1, 0.15) is 11.6 Å². The zero-order valence-corrected chi connectivity index (χ0v) is 11.1. The van der Waals surface area contributed by atoms with Gasteiger partial charge in [0.15, 0.2) is 0 Å². The number of alkyl halides is 3. The van der Waals surface area contributed by atoms with Gasteiger partial charge < -0.3 is 10.2 Å². The van der Waals surface area contributed by atoms with Gasteiger partial charge in [0.05, 0.1) is 0 Å². The van der Waals surface area contributed by atoms with Gasteiger partial charge in [-0.25, -0.2) is 10.8 Å². The first-order valence-electron chi connectivity index (χ1n) is 6.12. The smallest absolute Gasteiger partial charge is 0.439 e. The van der Waals surface area contributed by atoms with E-state index in [1.807, 2.05) is 19.1 Å². The fourth-order valence-electron chi connectivity index (χ4n) is 1.59. The number of halogens is 3. The van der Waals surface area contributed by atoms with Crippen LogP contribution in [0.3, 0.4) is 0 Å². The standard InChI is InChI=1S/C13H13F3N4O/c1-2-8-3-5-9(6-4-8)21-11-7-10(20-17)18-12(19-11)13(14,15)16/h3-7H,2,17H2,1H3,(H,18,19,20). The van der Waals surface area contributed by atoms with Crippen molar-refractivity contribution in [2.24, 2.45) is 5.84 Å². The Kier molecular flexibility index (Phi) is 4.27. The predicted octanol–water partition coefficient (Wildman–Crippen LogP) is 3.14. The largest absolute Gasteiger partial charge is 0.451 e. The summed E-state index contributed by atoms with van der Waals surface area (Å²) < 4.78 is 43.3. The lowest BCUT2D eigenvalue weighted by molar-refractivity contribution is -0.145. The van der Waals surface area contributed by atoms with Crippen LogP contribution in [0, 0.1) is 0 Å². The number of aromatic nitrogens is 2. The van der Waals surface area contributed by atoms with Gasteiger partial charge in [-0.1, -0.05) is 19.1 Å². The van der Waals surface area contributed by atoms with E-state index in [1.54, 1.807) is 12.1 Å². The van der Waals surface area contributed by atoms with Gasteiger partial charge in [0, 0.05) is 6.07 Å². The molecule has 0 aliphatic carbocycles. The summed E-state index contributed by atoms with van der Waals surface area (Å²) in [5.41, 5.74) is 3.14. The van der Waals surface area contributed by atoms with Crippen LogP contribution in [-0.2, 0) is 12.6 Å². The molecule has 2 aromatic rings. The summed E-state index contributed by atoms with van der Waals surface area (Å²) in [7, 11) is 0. The van der Waals surface area contributed by atoms with Gasteiger partial charge in [-0.15, -0.1) is 0 Å². The Bertz CT molecular complexity index is 614. The number of anilines is 1. The summed E-state index contributed by atoms with van der Waals surface area (Å²) in [5.74, 6) is 3.73. The Labute approximate surface area is 118 Å². The maximum atomic E-state index is 12.7. The summed E-state index contributed by atoms with van der Waals surface area (Å²) in [6.45, 7) is 2.00. The lowest BCUT2D eigenvalue weighted by Gasteiger charge is -2.10. The number of ether oxygens (including phenoxy) is 1. The first-order valence-corrected chi connectivity index (χ1v) is 6.12. The average Bonchev–Trinajstić information content (AvgIpc) is 2.46. The molecule has 0 saturated heterocycles. The zero-order chi connectivity index (χ0) is 15.5. The molecule has 1 aromatic heterocycles. The fourth-order valence-corrected chi connectivity index (χ4v) is 1.59. The van der Waals surface area contributed by atoms with E-state index in [2.05, 4.69) is 15.4 Å². The summed E-state index contributed by atoms with van der Waals surface area (Å²) in [6.07, 6.45) is -3.83. The molecule has 0 amide bonds. The quantitative estimate of drug-likeness (QED) is 0.670. The van der Waals surface area contributed by atoms with Gasteiger partial charge in [-0.2, -0.15) is 18.2 Å². The molecule has 21 heavy (non-hydrogen) atoms. The predicted molar refractivity (Wildman–Crippen MR) is 70.7 cm³/mol. The third-order valence-corrected chi connectivity index (χ3v) is 2.66. The van der Waals surface area contributed by atoms with Crippen LogP contribution in [0.25, 0.3) is 0 Å². The minimum Gasteiger partial charge on any atom is -0.439 e. The molecule has 0 fully saturated rings. The first kappa shape index (κ1) is 15.0. The summed E-state index contributed by atoms with van der Waals surface area (Å²) in [6, 6.07) is 8.14. The van der Waals surface area contributed by atoms with Crippen molar-refractivity contribution in [1.29, 1.82) is 0 Å². The Morgan fingerprint density at radius 2 is 1.86 bits per heavy atom. The van der Waals surface area contributed by atoms with Crippen molar-refractivity contribution in [3.63, 3.8) is 0 Å². The van der Waals surface area contributed by atoms with Gasteiger partial charge in [0.2, 0.25) is 11.7 Å². The van der Waals surface area contributed by atoms with Crippen LogP contribution in [0.15, 0.2) is 30.3 Å². The van der Waals surface area contributed by atoms with Crippen LogP contribution in [0.2, 0.25) is 0 Å². The summed E-state index contributed by atoms with van der Waals surface area (Å²) in [5, 5.41) is 0. The minimum absolute atomic E-state index is 0.183. The van der Waals surface area contributed by atoms with Crippen molar-refractivity contribution in [2.75, 3.05) is 5.43 Å². The van der Waals surface area contributed by atoms with Crippen molar-refractivity contribution < 1.29 is 17.9 Å². The first-order chi connectivity index (χ1) is 9.92.